The average Bonchev–Trinajstić information content (AvgIpc) is 2.40. The molecule has 0 radical (unpaired) electrons. The number of rotatable bonds is 4. The third-order valence-corrected chi connectivity index (χ3v) is 2.60. The van der Waals surface area contributed by atoms with Crippen LogP contribution in [0.25, 0.3) is 0 Å². The molecule has 5 heteroatoms. The van der Waals surface area contributed by atoms with Gasteiger partial charge >= 0.3 is 0 Å². The summed E-state index contributed by atoms with van der Waals surface area (Å²) in [6.07, 6.45) is 0.994. The molecule has 1 atom stereocenters. The Balaban J connectivity index is 2.10. The second kappa shape index (κ2) is 5.49. The molecule has 0 saturated carbocycles. The molecule has 0 unspecified atom stereocenters. The highest BCUT2D eigenvalue weighted by atomic mass is 16.5. The van der Waals surface area contributed by atoms with Crippen LogP contribution in [0.5, 0.6) is 11.6 Å². The van der Waals surface area contributed by atoms with Gasteiger partial charge in [-0.1, -0.05) is 0 Å². The van der Waals surface area contributed by atoms with Gasteiger partial charge in [0.15, 0.2) is 0 Å². The predicted octanol–water partition coefficient (Wildman–Crippen LogP) is 2.03. The van der Waals surface area contributed by atoms with Crippen LogP contribution in [-0.2, 0) is 0 Å². The number of aromatic nitrogens is 1. The van der Waals surface area contributed by atoms with Gasteiger partial charge in [0, 0.05) is 17.8 Å². The van der Waals surface area contributed by atoms with Gasteiger partial charge in [-0.05, 0) is 42.8 Å². The first-order valence-corrected chi connectivity index (χ1v) is 5.78. The summed E-state index contributed by atoms with van der Waals surface area (Å²) in [4.78, 5) is 15.0. The van der Waals surface area contributed by atoms with Crippen LogP contribution in [0.3, 0.4) is 0 Å². The third kappa shape index (κ3) is 3.29. The first-order chi connectivity index (χ1) is 9.06. The Kier molecular flexibility index (Phi) is 3.77. The van der Waals surface area contributed by atoms with E-state index in [4.69, 9.17) is 10.5 Å². The van der Waals surface area contributed by atoms with E-state index < -0.39 is 12.0 Å². The number of carbonyl (C=O) groups excluding carboxylic acids is 1. The zero-order valence-corrected chi connectivity index (χ0v) is 10.4. The van der Waals surface area contributed by atoms with Crippen LogP contribution in [0.4, 0.5) is 0 Å². The van der Waals surface area contributed by atoms with Crippen molar-refractivity contribution in [1.82, 2.24) is 4.98 Å². The monoisotopic (exact) mass is 258 g/mol. The number of ether oxygens (including phenoxy) is 1. The standard InChI is InChI=1S/C14H14N2O3/c1-9(17)11-4-7-13(16-8-11)19-12-5-2-10(3-6-12)14(15)18/h2-9,17H,1H3,(H2,15,18)/t9-/m1/s1. The van der Waals surface area contributed by atoms with E-state index in [1.54, 1.807) is 49.5 Å². The summed E-state index contributed by atoms with van der Waals surface area (Å²) < 4.78 is 5.50. The molecule has 0 bridgehead atoms. The molecule has 0 fully saturated rings. The summed E-state index contributed by atoms with van der Waals surface area (Å²) in [5, 5.41) is 9.36. The van der Waals surface area contributed by atoms with Gasteiger partial charge in [-0.15, -0.1) is 0 Å². The molecule has 2 aromatic rings. The van der Waals surface area contributed by atoms with Crippen LogP contribution in [0.2, 0.25) is 0 Å². The normalized spacial score (nSPS) is 11.9. The highest BCUT2D eigenvalue weighted by Crippen LogP contribution is 2.21. The lowest BCUT2D eigenvalue weighted by Crippen LogP contribution is -2.10. The van der Waals surface area contributed by atoms with Crippen molar-refractivity contribution >= 4 is 5.91 Å². The van der Waals surface area contributed by atoms with E-state index in [1.807, 2.05) is 0 Å². The van der Waals surface area contributed by atoms with E-state index in [2.05, 4.69) is 4.98 Å². The molecule has 98 valence electrons. The van der Waals surface area contributed by atoms with Crippen LogP contribution in [0.15, 0.2) is 42.6 Å². The van der Waals surface area contributed by atoms with Gasteiger partial charge in [0.2, 0.25) is 11.8 Å². The summed E-state index contributed by atoms with van der Waals surface area (Å²) in [6.45, 7) is 1.67. The van der Waals surface area contributed by atoms with E-state index >= 15 is 0 Å². The lowest BCUT2D eigenvalue weighted by Gasteiger charge is -2.07. The Morgan fingerprint density at radius 2 is 1.95 bits per heavy atom. The number of primary amides is 1. The number of aliphatic hydroxyl groups excluding tert-OH is 1. The zero-order valence-electron chi connectivity index (χ0n) is 10.4. The van der Waals surface area contributed by atoms with Crippen molar-refractivity contribution in [1.29, 1.82) is 0 Å². The molecule has 0 spiro atoms. The fourth-order valence-corrected chi connectivity index (χ4v) is 1.51. The molecule has 1 aromatic heterocycles. The number of hydrogen-bond donors (Lipinski definition) is 2. The highest BCUT2D eigenvalue weighted by Gasteiger charge is 2.04. The molecule has 0 aliphatic rings. The van der Waals surface area contributed by atoms with Gasteiger partial charge in [0.25, 0.3) is 0 Å². The molecule has 1 heterocycles. The van der Waals surface area contributed by atoms with Gasteiger partial charge in [0.1, 0.15) is 5.75 Å². The lowest BCUT2D eigenvalue weighted by molar-refractivity contribution is 0.100. The van der Waals surface area contributed by atoms with E-state index in [-0.39, 0.29) is 0 Å². The predicted molar refractivity (Wildman–Crippen MR) is 69.9 cm³/mol. The quantitative estimate of drug-likeness (QED) is 0.878. The number of pyridine rings is 1. The maximum absolute atomic E-state index is 10.9. The molecule has 1 aromatic carbocycles. The van der Waals surface area contributed by atoms with Gasteiger partial charge < -0.3 is 15.6 Å². The van der Waals surface area contributed by atoms with Crippen LogP contribution in [0.1, 0.15) is 28.9 Å². The molecule has 2 rings (SSSR count). The summed E-state index contributed by atoms with van der Waals surface area (Å²) in [7, 11) is 0. The molecule has 0 aliphatic heterocycles. The summed E-state index contributed by atoms with van der Waals surface area (Å²) in [5.74, 6) is 0.490. The van der Waals surface area contributed by atoms with Crippen molar-refractivity contribution in [2.24, 2.45) is 5.73 Å². The van der Waals surface area contributed by atoms with Crippen molar-refractivity contribution in [3.8, 4) is 11.6 Å². The fourth-order valence-electron chi connectivity index (χ4n) is 1.51. The lowest BCUT2D eigenvalue weighted by atomic mass is 10.2. The van der Waals surface area contributed by atoms with E-state index in [9.17, 15) is 9.90 Å². The zero-order chi connectivity index (χ0) is 13.8. The Morgan fingerprint density at radius 3 is 2.42 bits per heavy atom. The first-order valence-electron chi connectivity index (χ1n) is 5.78. The Morgan fingerprint density at radius 1 is 1.26 bits per heavy atom. The average molecular weight is 258 g/mol. The molecule has 0 aliphatic carbocycles. The van der Waals surface area contributed by atoms with Crippen LogP contribution < -0.4 is 10.5 Å². The van der Waals surface area contributed by atoms with E-state index in [0.29, 0.717) is 17.2 Å². The number of carbonyl (C=O) groups is 1. The molecule has 5 nitrogen and oxygen atoms in total. The van der Waals surface area contributed by atoms with Gasteiger partial charge in [0.05, 0.1) is 6.10 Å². The van der Waals surface area contributed by atoms with Crippen LogP contribution >= 0.6 is 0 Å². The minimum absolute atomic E-state index is 0.413. The smallest absolute Gasteiger partial charge is 0.248 e. The number of benzene rings is 1. The van der Waals surface area contributed by atoms with Crippen LogP contribution in [-0.4, -0.2) is 16.0 Å². The Hall–Kier alpha value is -2.40. The van der Waals surface area contributed by atoms with Crippen molar-refractivity contribution < 1.29 is 14.6 Å². The maximum atomic E-state index is 10.9. The van der Waals surface area contributed by atoms with Crippen molar-refractivity contribution in [3.05, 3.63) is 53.7 Å². The molecule has 3 N–H and O–H groups in total. The summed E-state index contributed by atoms with van der Waals surface area (Å²) >= 11 is 0. The largest absolute Gasteiger partial charge is 0.439 e. The van der Waals surface area contributed by atoms with Crippen LogP contribution in [0, 0.1) is 0 Å². The molecular weight excluding hydrogens is 244 g/mol. The summed E-state index contributed by atoms with van der Waals surface area (Å²) in [6, 6.07) is 9.87. The van der Waals surface area contributed by atoms with Gasteiger partial charge in [-0.25, -0.2) is 4.98 Å². The maximum Gasteiger partial charge on any atom is 0.248 e. The molecule has 1 amide bonds. The number of amides is 1. The number of nitrogens with zero attached hydrogens (tertiary/aromatic N) is 1. The third-order valence-electron chi connectivity index (χ3n) is 2.60. The van der Waals surface area contributed by atoms with Crippen molar-refractivity contribution in [3.63, 3.8) is 0 Å². The molecule has 19 heavy (non-hydrogen) atoms. The Labute approximate surface area is 110 Å². The summed E-state index contributed by atoms with van der Waals surface area (Å²) in [5.41, 5.74) is 6.29. The first kappa shape index (κ1) is 13.0. The van der Waals surface area contributed by atoms with E-state index in [0.717, 1.165) is 5.56 Å². The minimum Gasteiger partial charge on any atom is -0.439 e. The van der Waals surface area contributed by atoms with Gasteiger partial charge in [-0.2, -0.15) is 0 Å². The number of aliphatic hydroxyl groups is 1. The molecular formula is C14H14N2O3. The topological polar surface area (TPSA) is 85.4 Å². The second-order valence-corrected chi connectivity index (χ2v) is 4.10. The SMILES string of the molecule is C[C@@H](O)c1ccc(Oc2ccc(C(N)=O)cc2)nc1. The van der Waals surface area contributed by atoms with Crippen molar-refractivity contribution in [2.45, 2.75) is 13.0 Å². The number of nitrogens with two attached hydrogens (primary N) is 1. The number of hydrogen-bond acceptors (Lipinski definition) is 4. The minimum atomic E-state index is -0.559. The highest BCUT2D eigenvalue weighted by molar-refractivity contribution is 5.92. The van der Waals surface area contributed by atoms with Gasteiger partial charge in [-0.3, -0.25) is 4.79 Å². The fraction of sp³-hybridized carbons (Fsp3) is 0.143. The van der Waals surface area contributed by atoms with Crippen molar-refractivity contribution in [2.75, 3.05) is 0 Å². The Bertz CT molecular complexity index is 562. The molecule has 0 saturated heterocycles. The van der Waals surface area contributed by atoms with E-state index in [1.165, 1.54) is 0 Å². The second-order valence-electron chi connectivity index (χ2n) is 4.10.